The molecule has 0 heterocycles. The molecule has 1 nitrogen and oxygen atoms in total. The molecule has 0 aliphatic heterocycles. The number of nitrogens with one attached hydrogen (secondary N) is 1. The third-order valence-electron chi connectivity index (χ3n) is 3.38. The highest BCUT2D eigenvalue weighted by atomic mass is 35.5. The van der Waals surface area contributed by atoms with Gasteiger partial charge in [0.25, 0.3) is 0 Å². The van der Waals surface area contributed by atoms with Crippen molar-refractivity contribution in [1.29, 1.82) is 0 Å². The average molecular weight is 268 g/mol. The van der Waals surface area contributed by atoms with Gasteiger partial charge in [0, 0.05) is 11.1 Å². The maximum atomic E-state index is 6.11. The van der Waals surface area contributed by atoms with Crippen molar-refractivity contribution < 1.29 is 0 Å². The summed E-state index contributed by atoms with van der Waals surface area (Å²) < 4.78 is 0. The van der Waals surface area contributed by atoms with Gasteiger partial charge in [-0.2, -0.15) is 0 Å². The summed E-state index contributed by atoms with van der Waals surface area (Å²) in [4.78, 5) is 0. The largest absolute Gasteiger partial charge is 0.310 e. The lowest BCUT2D eigenvalue weighted by Gasteiger charge is -2.27. The van der Waals surface area contributed by atoms with E-state index in [-0.39, 0.29) is 0 Å². The van der Waals surface area contributed by atoms with Gasteiger partial charge in [-0.15, -0.1) is 0 Å². The Morgan fingerprint density at radius 3 is 2.39 bits per heavy atom. The molecule has 0 spiro atoms. The molecule has 0 fully saturated rings. The summed E-state index contributed by atoms with van der Waals surface area (Å²) in [5.41, 5.74) is 2.51. The van der Waals surface area contributed by atoms with Gasteiger partial charge in [-0.1, -0.05) is 51.4 Å². The quantitative estimate of drug-likeness (QED) is 0.766. The van der Waals surface area contributed by atoms with Crippen molar-refractivity contribution in [3.05, 3.63) is 34.3 Å². The van der Waals surface area contributed by atoms with Gasteiger partial charge in [0.1, 0.15) is 0 Å². The van der Waals surface area contributed by atoms with Gasteiger partial charge in [-0.25, -0.2) is 0 Å². The number of halogens is 1. The van der Waals surface area contributed by atoms with Crippen LogP contribution in [0, 0.1) is 18.8 Å². The Morgan fingerprint density at radius 1 is 1.22 bits per heavy atom. The van der Waals surface area contributed by atoms with Crippen molar-refractivity contribution >= 4 is 11.6 Å². The molecule has 1 aromatic carbocycles. The van der Waals surface area contributed by atoms with Crippen LogP contribution in [0.2, 0.25) is 5.02 Å². The molecule has 0 radical (unpaired) electrons. The molecule has 1 N–H and O–H groups in total. The minimum absolute atomic E-state index is 0.424. The molecule has 2 atom stereocenters. The molecule has 1 aromatic rings. The fourth-order valence-electron chi connectivity index (χ4n) is 2.61. The van der Waals surface area contributed by atoms with E-state index in [1.54, 1.807) is 0 Å². The van der Waals surface area contributed by atoms with Gasteiger partial charge in [0.15, 0.2) is 0 Å². The minimum atomic E-state index is 0.424. The van der Waals surface area contributed by atoms with Crippen LogP contribution in [0.4, 0.5) is 0 Å². The lowest BCUT2D eigenvalue weighted by atomic mass is 9.87. The molecule has 0 saturated carbocycles. The van der Waals surface area contributed by atoms with Crippen molar-refractivity contribution in [3.63, 3.8) is 0 Å². The first-order chi connectivity index (χ1) is 8.45. The highest BCUT2D eigenvalue weighted by Gasteiger charge is 2.19. The highest BCUT2D eigenvalue weighted by Crippen LogP contribution is 2.29. The summed E-state index contributed by atoms with van der Waals surface area (Å²) in [7, 11) is 0. The maximum Gasteiger partial charge on any atom is 0.0435 e. The fraction of sp³-hybridized carbons (Fsp3) is 0.625. The van der Waals surface area contributed by atoms with Gasteiger partial charge in [0.05, 0.1) is 0 Å². The second-order valence-corrected chi connectivity index (χ2v) is 6.06. The fourth-order valence-corrected chi connectivity index (χ4v) is 2.73. The predicted octanol–water partition coefficient (Wildman–Crippen LogP) is 4.98. The van der Waals surface area contributed by atoms with E-state index in [4.69, 9.17) is 11.6 Å². The van der Waals surface area contributed by atoms with Gasteiger partial charge in [-0.05, 0) is 48.9 Å². The predicted molar refractivity (Wildman–Crippen MR) is 81.2 cm³/mol. The Hall–Kier alpha value is -0.530. The summed E-state index contributed by atoms with van der Waals surface area (Å²) in [6.07, 6.45) is 1.24. The van der Waals surface area contributed by atoms with Crippen molar-refractivity contribution in [2.75, 3.05) is 6.54 Å². The van der Waals surface area contributed by atoms with E-state index in [9.17, 15) is 0 Å². The first-order valence-electron chi connectivity index (χ1n) is 6.95. The maximum absolute atomic E-state index is 6.11. The Balaban J connectivity index is 2.92. The molecule has 1 rings (SSSR count). The molecule has 18 heavy (non-hydrogen) atoms. The third kappa shape index (κ3) is 4.29. The van der Waals surface area contributed by atoms with E-state index in [0.29, 0.717) is 12.0 Å². The van der Waals surface area contributed by atoms with Gasteiger partial charge in [0.2, 0.25) is 0 Å². The van der Waals surface area contributed by atoms with Crippen LogP contribution >= 0.6 is 11.6 Å². The molecule has 2 heteroatoms. The molecule has 0 amide bonds. The van der Waals surface area contributed by atoms with Crippen molar-refractivity contribution in [2.24, 2.45) is 11.8 Å². The zero-order valence-electron chi connectivity index (χ0n) is 12.3. The summed E-state index contributed by atoms with van der Waals surface area (Å²) in [5.74, 6) is 1.36. The van der Waals surface area contributed by atoms with Crippen LogP contribution in [0.15, 0.2) is 18.2 Å². The van der Waals surface area contributed by atoms with Gasteiger partial charge in [-0.3, -0.25) is 0 Å². The Bertz CT molecular complexity index is 373. The summed E-state index contributed by atoms with van der Waals surface area (Å²) in [5, 5.41) is 4.46. The normalized spacial score (nSPS) is 14.8. The summed E-state index contributed by atoms with van der Waals surface area (Å²) in [6, 6.07) is 6.80. The Kier molecular flexibility index (Phi) is 6.17. The van der Waals surface area contributed by atoms with E-state index in [2.05, 4.69) is 52.1 Å². The van der Waals surface area contributed by atoms with Crippen molar-refractivity contribution in [2.45, 2.75) is 47.1 Å². The molecule has 0 saturated heterocycles. The monoisotopic (exact) mass is 267 g/mol. The standard InChI is InChI=1S/C16H26ClN/c1-6-18-16(13(5)9-11(2)3)14-7-8-15(17)12(4)10-14/h7-8,10-11,13,16,18H,6,9H2,1-5H3. The topological polar surface area (TPSA) is 12.0 Å². The van der Waals surface area contributed by atoms with Crippen LogP contribution in [-0.4, -0.2) is 6.54 Å². The van der Waals surface area contributed by atoms with E-state index in [1.165, 1.54) is 12.0 Å². The van der Waals surface area contributed by atoms with E-state index in [1.807, 2.05) is 6.07 Å². The number of hydrogen-bond donors (Lipinski definition) is 1. The summed E-state index contributed by atoms with van der Waals surface area (Å²) in [6.45, 7) is 12.1. The van der Waals surface area contributed by atoms with E-state index < -0.39 is 0 Å². The molecule has 0 aromatic heterocycles. The molecule has 2 unspecified atom stereocenters. The summed E-state index contributed by atoms with van der Waals surface area (Å²) >= 11 is 6.11. The Labute approximate surface area is 117 Å². The zero-order chi connectivity index (χ0) is 13.7. The highest BCUT2D eigenvalue weighted by molar-refractivity contribution is 6.31. The molecule has 0 bridgehead atoms. The van der Waals surface area contributed by atoms with Crippen LogP contribution in [0.1, 0.15) is 51.3 Å². The van der Waals surface area contributed by atoms with E-state index in [0.717, 1.165) is 23.0 Å². The SMILES string of the molecule is CCNC(c1ccc(Cl)c(C)c1)C(C)CC(C)C. The zero-order valence-corrected chi connectivity index (χ0v) is 13.0. The lowest BCUT2D eigenvalue weighted by Crippen LogP contribution is -2.27. The first-order valence-corrected chi connectivity index (χ1v) is 7.32. The smallest absolute Gasteiger partial charge is 0.0435 e. The van der Waals surface area contributed by atoms with Gasteiger partial charge >= 0.3 is 0 Å². The molecule has 0 aliphatic carbocycles. The third-order valence-corrected chi connectivity index (χ3v) is 3.80. The van der Waals surface area contributed by atoms with Crippen LogP contribution in [0.3, 0.4) is 0 Å². The van der Waals surface area contributed by atoms with Crippen LogP contribution in [0.25, 0.3) is 0 Å². The van der Waals surface area contributed by atoms with Gasteiger partial charge < -0.3 is 5.32 Å². The molecular formula is C16H26ClN. The van der Waals surface area contributed by atoms with E-state index >= 15 is 0 Å². The molecular weight excluding hydrogens is 242 g/mol. The number of benzene rings is 1. The van der Waals surface area contributed by atoms with Crippen molar-refractivity contribution in [1.82, 2.24) is 5.32 Å². The number of hydrogen-bond acceptors (Lipinski definition) is 1. The first kappa shape index (κ1) is 15.5. The minimum Gasteiger partial charge on any atom is -0.310 e. The lowest BCUT2D eigenvalue weighted by molar-refractivity contribution is 0.333. The van der Waals surface area contributed by atoms with Crippen LogP contribution in [-0.2, 0) is 0 Å². The Morgan fingerprint density at radius 2 is 1.89 bits per heavy atom. The molecule has 0 aliphatic rings. The molecule has 102 valence electrons. The second-order valence-electron chi connectivity index (χ2n) is 5.65. The second kappa shape index (κ2) is 7.16. The number of rotatable bonds is 6. The number of aryl methyl sites for hydroxylation is 1. The van der Waals surface area contributed by atoms with Crippen LogP contribution in [0.5, 0.6) is 0 Å². The van der Waals surface area contributed by atoms with Crippen molar-refractivity contribution in [3.8, 4) is 0 Å². The average Bonchev–Trinajstić information content (AvgIpc) is 2.29. The van der Waals surface area contributed by atoms with Crippen LogP contribution < -0.4 is 5.32 Å².